The Morgan fingerprint density at radius 2 is 0.889 bits per heavy atom. The average Bonchev–Trinajstić information content (AvgIpc) is 2.39. The first-order chi connectivity index (χ1) is 8.91. The van der Waals surface area contributed by atoms with Gasteiger partial charge in [-0.2, -0.15) is 0 Å². The number of hydrogen-bond acceptors (Lipinski definition) is 1. The molecule has 0 aliphatic heterocycles. The van der Waals surface area contributed by atoms with Gasteiger partial charge in [-0.1, -0.05) is 93.2 Å². The molecular weight excluding hydrogens is 335 g/mol. The van der Waals surface area contributed by atoms with Crippen molar-refractivity contribution in [3.05, 3.63) is 0 Å². The van der Waals surface area contributed by atoms with Crippen LogP contribution in [0.2, 0.25) is 0 Å². The van der Waals surface area contributed by atoms with Gasteiger partial charge in [-0.05, 0) is 17.3 Å². The van der Waals surface area contributed by atoms with E-state index in [1.54, 1.807) is 0 Å². The summed E-state index contributed by atoms with van der Waals surface area (Å²) in [6.07, 6.45) is 19.7. The fourth-order valence-electron chi connectivity index (χ4n) is 2.27. The maximum absolute atomic E-state index is 10.1. The van der Waals surface area contributed by atoms with Gasteiger partial charge in [0.25, 0.3) is 0 Å². The lowest BCUT2D eigenvalue weighted by molar-refractivity contribution is -0.107. The van der Waals surface area contributed by atoms with E-state index in [4.69, 9.17) is 0 Å². The smallest absolute Gasteiger partial charge is 0.119 e. The van der Waals surface area contributed by atoms with Crippen LogP contribution in [0.25, 0.3) is 0 Å². The standard InChI is InChI=1S/C16H31IO/c17-15-13-11-9-7-5-3-1-2-4-6-8-10-12-14-16-18/h16H,1-15H2. The number of unbranched alkanes of at least 4 members (excludes halogenated alkanes) is 13. The largest absolute Gasteiger partial charge is 0.303 e. The van der Waals surface area contributed by atoms with Crippen LogP contribution in [0.15, 0.2) is 0 Å². The Morgan fingerprint density at radius 3 is 1.22 bits per heavy atom. The molecule has 0 aliphatic rings. The third-order valence-corrected chi connectivity index (χ3v) is 4.22. The zero-order chi connectivity index (χ0) is 13.3. The van der Waals surface area contributed by atoms with Crippen LogP contribution < -0.4 is 0 Å². The normalized spacial score (nSPS) is 10.7. The summed E-state index contributed by atoms with van der Waals surface area (Å²) < 4.78 is 1.32. The minimum absolute atomic E-state index is 0.761. The number of aldehydes is 1. The molecule has 1 nitrogen and oxygen atoms in total. The summed E-state index contributed by atoms with van der Waals surface area (Å²) >= 11 is 2.47. The summed E-state index contributed by atoms with van der Waals surface area (Å²) in [4.78, 5) is 10.1. The molecule has 0 heterocycles. The first-order valence-corrected chi connectivity index (χ1v) is 9.44. The quantitative estimate of drug-likeness (QED) is 0.149. The van der Waals surface area contributed by atoms with Crippen LogP contribution in [-0.2, 0) is 4.79 Å². The molecule has 0 aromatic carbocycles. The highest BCUT2D eigenvalue weighted by Crippen LogP contribution is 2.12. The van der Waals surface area contributed by atoms with E-state index in [9.17, 15) is 4.79 Å². The highest BCUT2D eigenvalue weighted by Gasteiger charge is 1.93. The first kappa shape index (κ1) is 18.4. The van der Waals surface area contributed by atoms with Gasteiger partial charge in [-0.25, -0.2) is 0 Å². The van der Waals surface area contributed by atoms with Gasteiger partial charge < -0.3 is 4.79 Å². The highest BCUT2D eigenvalue weighted by atomic mass is 127. The molecule has 0 radical (unpaired) electrons. The third kappa shape index (κ3) is 16.4. The van der Waals surface area contributed by atoms with Gasteiger partial charge in [0.05, 0.1) is 0 Å². The van der Waals surface area contributed by atoms with E-state index < -0.39 is 0 Å². The molecule has 0 unspecified atom stereocenters. The molecule has 2 heteroatoms. The van der Waals surface area contributed by atoms with Crippen molar-refractivity contribution in [3.63, 3.8) is 0 Å². The van der Waals surface area contributed by atoms with Crippen molar-refractivity contribution < 1.29 is 4.79 Å². The number of carbonyl (C=O) groups excluding carboxylic acids is 1. The van der Waals surface area contributed by atoms with E-state index in [0.29, 0.717) is 0 Å². The molecule has 0 fully saturated rings. The number of carbonyl (C=O) groups is 1. The van der Waals surface area contributed by atoms with E-state index >= 15 is 0 Å². The minimum atomic E-state index is 0.761. The van der Waals surface area contributed by atoms with E-state index in [-0.39, 0.29) is 0 Å². The monoisotopic (exact) mass is 366 g/mol. The van der Waals surface area contributed by atoms with Gasteiger partial charge in [-0.3, -0.25) is 0 Å². The van der Waals surface area contributed by atoms with Crippen molar-refractivity contribution in [3.8, 4) is 0 Å². The fourth-order valence-corrected chi connectivity index (χ4v) is 2.81. The molecule has 0 aromatic rings. The van der Waals surface area contributed by atoms with Crippen LogP contribution in [0.5, 0.6) is 0 Å². The zero-order valence-electron chi connectivity index (χ0n) is 12.0. The first-order valence-electron chi connectivity index (χ1n) is 7.91. The second-order valence-electron chi connectivity index (χ2n) is 5.24. The lowest BCUT2D eigenvalue weighted by Crippen LogP contribution is -1.83. The number of hydrogen-bond donors (Lipinski definition) is 0. The minimum Gasteiger partial charge on any atom is -0.303 e. The van der Waals surface area contributed by atoms with Crippen molar-refractivity contribution in [2.75, 3.05) is 4.43 Å². The topological polar surface area (TPSA) is 17.1 Å². The lowest BCUT2D eigenvalue weighted by atomic mass is 10.0. The van der Waals surface area contributed by atoms with Crippen LogP contribution in [0.1, 0.15) is 89.9 Å². The Kier molecular flexibility index (Phi) is 17.8. The Morgan fingerprint density at radius 1 is 0.556 bits per heavy atom. The molecular formula is C16H31IO. The molecule has 0 rings (SSSR count). The van der Waals surface area contributed by atoms with Gasteiger partial charge in [0, 0.05) is 6.42 Å². The van der Waals surface area contributed by atoms with E-state index in [2.05, 4.69) is 22.6 Å². The molecule has 108 valence electrons. The number of halogens is 1. The fraction of sp³-hybridized carbons (Fsp3) is 0.938. The number of rotatable bonds is 15. The molecule has 0 saturated carbocycles. The van der Waals surface area contributed by atoms with Crippen LogP contribution in [-0.4, -0.2) is 10.7 Å². The molecule has 0 saturated heterocycles. The summed E-state index contributed by atoms with van der Waals surface area (Å²) in [6.45, 7) is 0. The Bertz CT molecular complexity index is 159. The summed E-state index contributed by atoms with van der Waals surface area (Å²) in [5, 5.41) is 0. The van der Waals surface area contributed by atoms with E-state index in [1.165, 1.54) is 81.5 Å². The van der Waals surface area contributed by atoms with Gasteiger partial charge in [0.2, 0.25) is 0 Å². The summed E-state index contributed by atoms with van der Waals surface area (Å²) in [6, 6.07) is 0. The van der Waals surface area contributed by atoms with Gasteiger partial charge in [0.1, 0.15) is 6.29 Å². The summed E-state index contributed by atoms with van der Waals surface area (Å²) in [5.41, 5.74) is 0. The number of alkyl halides is 1. The average molecular weight is 366 g/mol. The van der Waals surface area contributed by atoms with Crippen molar-refractivity contribution in [2.24, 2.45) is 0 Å². The van der Waals surface area contributed by atoms with Crippen LogP contribution in [0, 0.1) is 0 Å². The predicted octanol–water partition coefficient (Wildman–Crippen LogP) is 6.08. The maximum atomic E-state index is 10.1. The van der Waals surface area contributed by atoms with Crippen LogP contribution >= 0.6 is 22.6 Å². The van der Waals surface area contributed by atoms with Crippen LogP contribution in [0.4, 0.5) is 0 Å². The molecule has 0 aromatic heterocycles. The summed E-state index contributed by atoms with van der Waals surface area (Å²) in [5.74, 6) is 0. The second-order valence-corrected chi connectivity index (χ2v) is 6.32. The molecule has 0 aliphatic carbocycles. The highest BCUT2D eigenvalue weighted by molar-refractivity contribution is 14.1. The van der Waals surface area contributed by atoms with Crippen molar-refractivity contribution in [1.29, 1.82) is 0 Å². The van der Waals surface area contributed by atoms with Crippen molar-refractivity contribution in [2.45, 2.75) is 89.9 Å². The molecule has 0 amide bonds. The lowest BCUT2D eigenvalue weighted by Gasteiger charge is -2.02. The van der Waals surface area contributed by atoms with Gasteiger partial charge in [-0.15, -0.1) is 0 Å². The molecule has 0 atom stereocenters. The van der Waals surface area contributed by atoms with Crippen LogP contribution in [0.3, 0.4) is 0 Å². The van der Waals surface area contributed by atoms with Gasteiger partial charge >= 0.3 is 0 Å². The SMILES string of the molecule is O=CCCCCCCCCCCCCCCCI. The molecule has 0 spiro atoms. The van der Waals surface area contributed by atoms with Crippen molar-refractivity contribution in [1.82, 2.24) is 0 Å². The Hall–Kier alpha value is 0.400. The third-order valence-electron chi connectivity index (χ3n) is 3.46. The van der Waals surface area contributed by atoms with Crippen molar-refractivity contribution >= 4 is 28.9 Å². The summed E-state index contributed by atoms with van der Waals surface area (Å²) in [7, 11) is 0. The molecule has 0 N–H and O–H groups in total. The molecule has 0 bridgehead atoms. The Labute approximate surface area is 128 Å². The Balaban J connectivity index is 2.88. The zero-order valence-corrected chi connectivity index (χ0v) is 14.1. The second kappa shape index (κ2) is 17.4. The van der Waals surface area contributed by atoms with Gasteiger partial charge in [0.15, 0.2) is 0 Å². The maximum Gasteiger partial charge on any atom is 0.119 e. The van der Waals surface area contributed by atoms with E-state index in [0.717, 1.165) is 19.1 Å². The van der Waals surface area contributed by atoms with E-state index in [1.807, 2.05) is 0 Å². The predicted molar refractivity (Wildman–Crippen MR) is 89.6 cm³/mol. The molecule has 18 heavy (non-hydrogen) atoms.